The third kappa shape index (κ3) is 4.71. The summed E-state index contributed by atoms with van der Waals surface area (Å²) in [4.78, 5) is 0. The van der Waals surface area contributed by atoms with Gasteiger partial charge in [0, 0.05) is 0 Å². The van der Waals surface area contributed by atoms with Gasteiger partial charge in [0.05, 0.1) is 21.3 Å². The fraction of sp³-hybridized carbons (Fsp3) is 0.103. The van der Waals surface area contributed by atoms with Gasteiger partial charge in [-0.3, -0.25) is 0 Å². The first-order chi connectivity index (χ1) is 16.2. The molecule has 0 fully saturated rings. The second kappa shape index (κ2) is 10.2. The van der Waals surface area contributed by atoms with Gasteiger partial charge in [-0.1, -0.05) is 78.5 Å². The molecule has 0 heterocycles. The Morgan fingerprint density at radius 2 is 0.848 bits per heavy atom. The van der Waals surface area contributed by atoms with E-state index in [-0.39, 0.29) is 0 Å². The Morgan fingerprint density at radius 3 is 1.18 bits per heavy atom. The van der Waals surface area contributed by atoms with Crippen LogP contribution < -0.4 is 29.8 Å². The van der Waals surface area contributed by atoms with E-state index in [1.54, 1.807) is 21.3 Å². The molecule has 3 nitrogen and oxygen atoms in total. The van der Waals surface area contributed by atoms with Gasteiger partial charge >= 0.3 is 0 Å². The van der Waals surface area contributed by atoms with E-state index in [4.69, 9.17) is 14.2 Å². The molecule has 0 saturated heterocycles. The summed E-state index contributed by atoms with van der Waals surface area (Å²) in [5, 5.41) is 3.81. The number of hydrogen-bond acceptors (Lipinski definition) is 3. The summed E-state index contributed by atoms with van der Waals surface area (Å²) in [7, 11) is 2.53. The summed E-state index contributed by atoms with van der Waals surface area (Å²) in [6, 6.07) is 35.8. The van der Waals surface area contributed by atoms with E-state index in [9.17, 15) is 0 Å². The first kappa shape index (κ1) is 22.4. The highest BCUT2D eigenvalue weighted by atomic mass is 28.3. The van der Waals surface area contributed by atoms with Crippen molar-refractivity contribution < 1.29 is 14.2 Å². The fourth-order valence-electron chi connectivity index (χ4n) is 4.14. The Morgan fingerprint density at radius 1 is 0.485 bits per heavy atom. The molecular formula is C29H28O3Si. The van der Waals surface area contributed by atoms with Crippen LogP contribution in [0, 0.1) is 0 Å². The lowest BCUT2D eigenvalue weighted by molar-refractivity contribution is 0.415. The van der Waals surface area contributed by atoms with Gasteiger partial charge in [0.15, 0.2) is 8.07 Å². The van der Waals surface area contributed by atoms with Crippen LogP contribution in [-0.4, -0.2) is 29.4 Å². The van der Waals surface area contributed by atoms with Crippen LogP contribution in [0.15, 0.2) is 109 Å². The van der Waals surface area contributed by atoms with Crippen LogP contribution in [0.5, 0.6) is 17.2 Å². The predicted octanol–water partition coefficient (Wildman–Crippen LogP) is 4.44. The summed E-state index contributed by atoms with van der Waals surface area (Å²) >= 11 is 0. The minimum atomic E-state index is -2.56. The van der Waals surface area contributed by atoms with Crippen LogP contribution in [0.2, 0.25) is 0 Å². The zero-order chi connectivity index (χ0) is 23.1. The average Bonchev–Trinajstić information content (AvgIpc) is 2.90. The van der Waals surface area contributed by atoms with Crippen LogP contribution >= 0.6 is 0 Å². The average molecular weight is 453 g/mol. The molecule has 0 atom stereocenters. The van der Waals surface area contributed by atoms with Crippen LogP contribution in [0.3, 0.4) is 0 Å². The monoisotopic (exact) mass is 452 g/mol. The standard InChI is InChI=1S/C29H28O3Si/c1-30-24-9-15-27(16-10-24)33(22-21-23-7-5-4-6-8-23,28-17-11-25(31-2)12-18-28)29-19-13-26(32-3)14-20-29/h4-22H,1-3H3. The third-order valence-electron chi connectivity index (χ3n) is 5.96. The number of benzene rings is 4. The highest BCUT2D eigenvalue weighted by Crippen LogP contribution is 2.18. The van der Waals surface area contributed by atoms with Gasteiger partial charge in [-0.2, -0.15) is 0 Å². The molecule has 0 aromatic heterocycles. The zero-order valence-corrected chi connectivity index (χ0v) is 20.2. The van der Waals surface area contributed by atoms with E-state index in [2.05, 4.69) is 72.4 Å². The maximum Gasteiger partial charge on any atom is 0.172 e. The van der Waals surface area contributed by atoms with E-state index >= 15 is 0 Å². The van der Waals surface area contributed by atoms with Crippen molar-refractivity contribution in [3.05, 3.63) is 114 Å². The zero-order valence-electron chi connectivity index (χ0n) is 19.2. The van der Waals surface area contributed by atoms with Gasteiger partial charge in [-0.05, 0) is 57.5 Å². The number of hydrogen-bond donors (Lipinski definition) is 0. The SMILES string of the molecule is COc1ccc([Si](C=Cc2ccccc2)(c2ccc(OC)cc2)c2ccc(OC)cc2)cc1. The molecule has 33 heavy (non-hydrogen) atoms. The summed E-state index contributed by atoms with van der Waals surface area (Å²) < 4.78 is 16.3. The van der Waals surface area contributed by atoms with E-state index in [0.717, 1.165) is 17.2 Å². The van der Waals surface area contributed by atoms with Crippen molar-refractivity contribution in [1.82, 2.24) is 0 Å². The quantitative estimate of drug-likeness (QED) is 0.292. The maximum absolute atomic E-state index is 5.45. The van der Waals surface area contributed by atoms with E-state index < -0.39 is 8.07 Å². The van der Waals surface area contributed by atoms with Crippen molar-refractivity contribution in [1.29, 1.82) is 0 Å². The molecule has 166 valence electrons. The van der Waals surface area contributed by atoms with Crippen molar-refractivity contribution >= 4 is 29.7 Å². The number of ether oxygens (including phenoxy) is 3. The Kier molecular flexibility index (Phi) is 6.96. The van der Waals surface area contributed by atoms with Crippen molar-refractivity contribution in [2.75, 3.05) is 21.3 Å². The van der Waals surface area contributed by atoms with Crippen molar-refractivity contribution in [2.45, 2.75) is 0 Å². The Bertz CT molecular complexity index is 1070. The summed E-state index contributed by atoms with van der Waals surface area (Å²) in [6.45, 7) is 0. The Labute approximate surface area is 196 Å². The van der Waals surface area contributed by atoms with E-state index in [1.807, 2.05) is 42.5 Å². The maximum atomic E-state index is 5.45. The second-order valence-electron chi connectivity index (χ2n) is 7.74. The number of methoxy groups -OCH3 is 3. The molecule has 0 bridgehead atoms. The molecule has 0 N–H and O–H groups in total. The molecule has 0 unspecified atom stereocenters. The van der Waals surface area contributed by atoms with Gasteiger partial charge in [-0.15, -0.1) is 0 Å². The van der Waals surface area contributed by atoms with Crippen LogP contribution in [0.4, 0.5) is 0 Å². The van der Waals surface area contributed by atoms with Crippen LogP contribution in [-0.2, 0) is 0 Å². The lowest BCUT2D eigenvalue weighted by atomic mass is 10.2. The molecule has 4 heteroatoms. The third-order valence-corrected chi connectivity index (χ3v) is 10.4. The molecule has 0 aliphatic carbocycles. The molecule has 0 aliphatic rings. The molecule has 0 radical (unpaired) electrons. The largest absolute Gasteiger partial charge is 0.497 e. The summed E-state index contributed by atoms with van der Waals surface area (Å²) in [6.07, 6.45) is 2.24. The smallest absolute Gasteiger partial charge is 0.172 e. The first-order valence-electron chi connectivity index (χ1n) is 10.9. The van der Waals surface area contributed by atoms with Crippen molar-refractivity contribution in [3.8, 4) is 17.2 Å². The molecule has 4 aromatic carbocycles. The van der Waals surface area contributed by atoms with Crippen LogP contribution in [0.25, 0.3) is 6.08 Å². The van der Waals surface area contributed by atoms with Crippen LogP contribution in [0.1, 0.15) is 5.56 Å². The normalized spacial score (nSPS) is 11.4. The molecule has 0 amide bonds. The fourth-order valence-corrected chi connectivity index (χ4v) is 8.23. The van der Waals surface area contributed by atoms with Gasteiger partial charge in [-0.25, -0.2) is 0 Å². The van der Waals surface area contributed by atoms with E-state index in [1.165, 1.54) is 21.1 Å². The van der Waals surface area contributed by atoms with E-state index in [0.29, 0.717) is 0 Å². The Balaban J connectivity index is 1.98. The molecule has 0 aliphatic heterocycles. The molecule has 4 rings (SSSR count). The van der Waals surface area contributed by atoms with Crippen molar-refractivity contribution in [2.24, 2.45) is 0 Å². The van der Waals surface area contributed by atoms with Gasteiger partial charge in [0.1, 0.15) is 17.2 Å². The number of rotatable bonds is 8. The molecular weight excluding hydrogens is 424 g/mol. The second-order valence-corrected chi connectivity index (χ2v) is 11.4. The predicted molar refractivity (Wildman–Crippen MR) is 139 cm³/mol. The van der Waals surface area contributed by atoms with Gasteiger partial charge in [0.25, 0.3) is 0 Å². The lowest BCUT2D eigenvalue weighted by Gasteiger charge is -2.31. The van der Waals surface area contributed by atoms with Gasteiger partial charge < -0.3 is 14.2 Å². The first-order valence-corrected chi connectivity index (χ1v) is 12.9. The highest BCUT2D eigenvalue weighted by Gasteiger charge is 2.37. The topological polar surface area (TPSA) is 27.7 Å². The lowest BCUT2D eigenvalue weighted by Crippen LogP contribution is -2.66. The molecule has 0 spiro atoms. The molecule has 4 aromatic rings. The minimum absolute atomic E-state index is 0.846. The summed E-state index contributed by atoms with van der Waals surface area (Å²) in [5.74, 6) is 2.54. The van der Waals surface area contributed by atoms with Gasteiger partial charge in [0.2, 0.25) is 0 Å². The van der Waals surface area contributed by atoms with Crippen molar-refractivity contribution in [3.63, 3.8) is 0 Å². The highest BCUT2D eigenvalue weighted by molar-refractivity contribution is 7.15. The minimum Gasteiger partial charge on any atom is -0.497 e. The Hall–Kier alpha value is -3.76. The molecule has 0 saturated carbocycles. The summed E-state index contributed by atoms with van der Waals surface area (Å²) in [5.41, 5.74) is 3.58.